The van der Waals surface area contributed by atoms with Crippen molar-refractivity contribution in [1.29, 1.82) is 0 Å². The van der Waals surface area contributed by atoms with E-state index in [2.05, 4.69) is 23.3 Å². The molecule has 0 saturated carbocycles. The molecule has 2 aromatic rings. The van der Waals surface area contributed by atoms with Crippen LogP contribution in [0.5, 0.6) is 0 Å². The molecular formula is C13H15ClN2S. The van der Waals surface area contributed by atoms with Crippen molar-refractivity contribution in [2.24, 2.45) is 0 Å². The summed E-state index contributed by atoms with van der Waals surface area (Å²) >= 11 is 7.83. The first-order valence-corrected chi connectivity index (χ1v) is 6.69. The predicted octanol–water partition coefficient (Wildman–Crippen LogP) is 4.05. The fourth-order valence-corrected chi connectivity index (χ4v) is 2.85. The van der Waals surface area contributed by atoms with Gasteiger partial charge < -0.3 is 5.32 Å². The molecule has 0 saturated heterocycles. The van der Waals surface area contributed by atoms with Gasteiger partial charge in [0.2, 0.25) is 0 Å². The Hall–Kier alpha value is -1.06. The molecule has 1 aromatic carbocycles. The van der Waals surface area contributed by atoms with Gasteiger partial charge >= 0.3 is 0 Å². The van der Waals surface area contributed by atoms with E-state index < -0.39 is 0 Å². The molecule has 0 aliphatic heterocycles. The fraction of sp³-hybridized carbons (Fsp3) is 0.308. The molecule has 1 heterocycles. The van der Waals surface area contributed by atoms with Gasteiger partial charge in [-0.15, -0.1) is 11.3 Å². The Labute approximate surface area is 111 Å². The van der Waals surface area contributed by atoms with Crippen molar-refractivity contribution in [3.8, 4) is 0 Å². The topological polar surface area (TPSA) is 24.9 Å². The summed E-state index contributed by atoms with van der Waals surface area (Å²) in [6.07, 6.45) is 0.900. The molecule has 2 nitrogen and oxygen atoms in total. The van der Waals surface area contributed by atoms with Gasteiger partial charge in [-0.1, -0.05) is 23.7 Å². The maximum absolute atomic E-state index is 6.13. The van der Waals surface area contributed by atoms with Crippen LogP contribution in [0.15, 0.2) is 18.2 Å². The van der Waals surface area contributed by atoms with Crippen molar-refractivity contribution in [3.63, 3.8) is 0 Å². The van der Waals surface area contributed by atoms with Crippen molar-refractivity contribution in [2.75, 3.05) is 12.4 Å². The Bertz CT molecular complexity index is 534. The molecule has 2 rings (SSSR count). The third kappa shape index (κ3) is 2.61. The number of nitrogens with one attached hydrogen (secondary N) is 1. The summed E-state index contributed by atoms with van der Waals surface area (Å²) in [6, 6.07) is 6.05. The number of benzene rings is 1. The molecule has 0 fully saturated rings. The summed E-state index contributed by atoms with van der Waals surface area (Å²) in [4.78, 5) is 5.74. The summed E-state index contributed by atoms with van der Waals surface area (Å²) in [6.45, 7) is 4.11. The van der Waals surface area contributed by atoms with Gasteiger partial charge in [-0.05, 0) is 31.0 Å². The van der Waals surface area contributed by atoms with E-state index in [-0.39, 0.29) is 0 Å². The molecule has 17 heavy (non-hydrogen) atoms. The maximum atomic E-state index is 6.13. The van der Waals surface area contributed by atoms with Crippen LogP contribution in [0.4, 0.5) is 5.13 Å². The summed E-state index contributed by atoms with van der Waals surface area (Å²) in [7, 11) is 1.90. The van der Waals surface area contributed by atoms with E-state index in [1.54, 1.807) is 11.3 Å². The van der Waals surface area contributed by atoms with Gasteiger partial charge in [0.15, 0.2) is 5.13 Å². The third-order valence-corrected chi connectivity index (χ3v) is 4.42. The van der Waals surface area contributed by atoms with E-state index in [9.17, 15) is 0 Å². The molecule has 4 heteroatoms. The number of halogens is 1. The number of anilines is 1. The molecule has 0 aliphatic rings. The number of hydrogen-bond acceptors (Lipinski definition) is 3. The van der Waals surface area contributed by atoms with E-state index in [1.807, 2.05) is 26.1 Å². The molecule has 0 unspecified atom stereocenters. The quantitative estimate of drug-likeness (QED) is 0.907. The van der Waals surface area contributed by atoms with Crippen LogP contribution in [0, 0.1) is 13.8 Å². The minimum atomic E-state index is 0.832. The van der Waals surface area contributed by atoms with Gasteiger partial charge in [0.25, 0.3) is 0 Å². The van der Waals surface area contributed by atoms with Gasteiger partial charge in [-0.2, -0.15) is 0 Å². The molecular weight excluding hydrogens is 252 g/mol. The Morgan fingerprint density at radius 1 is 1.35 bits per heavy atom. The Balaban J connectivity index is 2.31. The second-order valence-electron chi connectivity index (χ2n) is 3.98. The Morgan fingerprint density at radius 2 is 2.12 bits per heavy atom. The minimum absolute atomic E-state index is 0.832. The number of hydrogen-bond donors (Lipinski definition) is 1. The lowest BCUT2D eigenvalue weighted by Gasteiger charge is -2.06. The van der Waals surface area contributed by atoms with Crippen LogP contribution in [-0.2, 0) is 6.42 Å². The first-order chi connectivity index (χ1) is 8.11. The summed E-state index contributed by atoms with van der Waals surface area (Å²) in [5, 5.41) is 4.88. The van der Waals surface area contributed by atoms with E-state index in [4.69, 9.17) is 11.6 Å². The zero-order valence-electron chi connectivity index (χ0n) is 10.2. The standard InChI is InChI=1S/C13H15ClN2S/c1-8-10(5-4-6-11(8)14)7-12-9(2)16-13(15-3)17-12/h4-6H,7H2,1-3H3,(H,15,16). The molecule has 0 atom stereocenters. The summed E-state index contributed by atoms with van der Waals surface area (Å²) in [5.41, 5.74) is 3.53. The second kappa shape index (κ2) is 5.07. The van der Waals surface area contributed by atoms with Gasteiger partial charge in [0, 0.05) is 23.4 Å². The summed E-state index contributed by atoms with van der Waals surface area (Å²) < 4.78 is 0. The van der Waals surface area contributed by atoms with Crippen LogP contribution in [0.1, 0.15) is 21.7 Å². The summed E-state index contributed by atoms with van der Waals surface area (Å²) in [5.74, 6) is 0. The smallest absolute Gasteiger partial charge is 0.182 e. The Morgan fingerprint density at radius 3 is 2.76 bits per heavy atom. The molecule has 0 amide bonds. The molecule has 0 aliphatic carbocycles. The number of aromatic nitrogens is 1. The number of aryl methyl sites for hydroxylation is 1. The van der Waals surface area contributed by atoms with Crippen molar-refractivity contribution < 1.29 is 0 Å². The average molecular weight is 267 g/mol. The molecule has 0 spiro atoms. The van der Waals surface area contributed by atoms with Crippen molar-refractivity contribution in [2.45, 2.75) is 20.3 Å². The largest absolute Gasteiger partial charge is 0.365 e. The average Bonchev–Trinajstić information content (AvgIpc) is 2.66. The molecule has 0 radical (unpaired) electrons. The zero-order chi connectivity index (χ0) is 12.4. The van der Waals surface area contributed by atoms with Crippen LogP contribution in [0.25, 0.3) is 0 Å². The van der Waals surface area contributed by atoms with Crippen LogP contribution >= 0.6 is 22.9 Å². The Kier molecular flexibility index (Phi) is 3.69. The van der Waals surface area contributed by atoms with Crippen LogP contribution < -0.4 is 5.32 Å². The monoisotopic (exact) mass is 266 g/mol. The first-order valence-electron chi connectivity index (χ1n) is 5.50. The lowest BCUT2D eigenvalue weighted by Crippen LogP contribution is -1.92. The number of thiazole rings is 1. The molecule has 1 N–H and O–H groups in total. The normalized spacial score (nSPS) is 10.6. The number of nitrogens with zero attached hydrogens (tertiary/aromatic N) is 1. The third-order valence-electron chi connectivity index (χ3n) is 2.84. The minimum Gasteiger partial charge on any atom is -0.365 e. The maximum Gasteiger partial charge on any atom is 0.182 e. The van der Waals surface area contributed by atoms with Gasteiger partial charge in [-0.3, -0.25) is 0 Å². The van der Waals surface area contributed by atoms with E-state index >= 15 is 0 Å². The zero-order valence-corrected chi connectivity index (χ0v) is 11.7. The van der Waals surface area contributed by atoms with Crippen molar-refractivity contribution in [1.82, 2.24) is 4.98 Å². The predicted molar refractivity (Wildman–Crippen MR) is 75.4 cm³/mol. The number of rotatable bonds is 3. The second-order valence-corrected chi connectivity index (χ2v) is 5.47. The highest BCUT2D eigenvalue weighted by Crippen LogP contribution is 2.27. The highest BCUT2D eigenvalue weighted by Gasteiger charge is 2.09. The van der Waals surface area contributed by atoms with Crippen LogP contribution in [0.3, 0.4) is 0 Å². The molecule has 0 bridgehead atoms. The van der Waals surface area contributed by atoms with Crippen LogP contribution in [0.2, 0.25) is 5.02 Å². The van der Waals surface area contributed by atoms with Gasteiger partial charge in [-0.25, -0.2) is 4.98 Å². The van der Waals surface area contributed by atoms with Gasteiger partial charge in [0.1, 0.15) is 0 Å². The van der Waals surface area contributed by atoms with Gasteiger partial charge in [0.05, 0.1) is 5.69 Å². The van der Waals surface area contributed by atoms with E-state index in [0.717, 1.165) is 27.8 Å². The van der Waals surface area contributed by atoms with Crippen molar-refractivity contribution in [3.05, 3.63) is 44.9 Å². The first kappa shape index (κ1) is 12.4. The van der Waals surface area contributed by atoms with Crippen LogP contribution in [-0.4, -0.2) is 12.0 Å². The molecule has 1 aromatic heterocycles. The lowest BCUT2D eigenvalue weighted by atomic mass is 10.0. The van der Waals surface area contributed by atoms with E-state index in [0.29, 0.717) is 0 Å². The lowest BCUT2D eigenvalue weighted by molar-refractivity contribution is 1.13. The highest BCUT2D eigenvalue weighted by atomic mass is 35.5. The van der Waals surface area contributed by atoms with Crippen molar-refractivity contribution >= 4 is 28.1 Å². The SMILES string of the molecule is CNc1nc(C)c(Cc2cccc(Cl)c2C)s1. The fourth-order valence-electron chi connectivity index (χ4n) is 1.72. The van der Waals surface area contributed by atoms with E-state index in [1.165, 1.54) is 10.4 Å². The highest BCUT2D eigenvalue weighted by molar-refractivity contribution is 7.15. The molecule has 90 valence electrons.